The van der Waals surface area contributed by atoms with E-state index in [0.29, 0.717) is 29.3 Å². The number of nitrogens with two attached hydrogens (primary N) is 1. The molecule has 0 saturated heterocycles. The summed E-state index contributed by atoms with van der Waals surface area (Å²) in [5, 5.41) is 16.7. The van der Waals surface area contributed by atoms with Crippen LogP contribution in [0.3, 0.4) is 0 Å². The highest BCUT2D eigenvalue weighted by Gasteiger charge is 2.21. The van der Waals surface area contributed by atoms with E-state index in [2.05, 4.69) is 40.8 Å². The van der Waals surface area contributed by atoms with E-state index in [-0.39, 0.29) is 24.8 Å². The summed E-state index contributed by atoms with van der Waals surface area (Å²) in [6, 6.07) is 0. The minimum Gasteiger partial charge on any atom is -0.390 e. The largest absolute Gasteiger partial charge is 0.390 e. The zero-order valence-corrected chi connectivity index (χ0v) is 13.3. The average Bonchev–Trinajstić information content (AvgIpc) is 3.02. The molecule has 112 valence electrons. The maximum absolute atomic E-state index is 9.39. The summed E-state index contributed by atoms with van der Waals surface area (Å²) in [5.74, 6) is 0.703. The number of fused-ring (bicyclic) bond motifs is 1. The third-order valence-electron chi connectivity index (χ3n) is 2.99. The molecule has 3 rings (SSSR count). The lowest BCUT2D eigenvalue weighted by atomic mass is 10.3. The number of aliphatic hydroxyl groups is 1. The van der Waals surface area contributed by atoms with Crippen molar-refractivity contribution in [3.05, 3.63) is 16.4 Å². The van der Waals surface area contributed by atoms with Crippen LogP contribution in [-0.2, 0) is 13.2 Å². The molecule has 0 saturated carbocycles. The second-order valence-corrected chi connectivity index (χ2v) is 4.94. The second kappa shape index (κ2) is 5.96. The lowest BCUT2D eigenvalue weighted by molar-refractivity contribution is 0.278. The molecule has 0 radical (unpaired) electrons. The molecule has 10 heteroatoms. The van der Waals surface area contributed by atoms with Gasteiger partial charge in [0.15, 0.2) is 17.3 Å². The Hall–Kier alpha value is -1.71. The van der Waals surface area contributed by atoms with E-state index in [1.54, 1.807) is 6.20 Å². The van der Waals surface area contributed by atoms with Crippen LogP contribution in [0, 0.1) is 0 Å². The number of pyridine rings is 1. The Morgan fingerprint density at radius 2 is 2.19 bits per heavy atom. The molecule has 3 heterocycles. The van der Waals surface area contributed by atoms with E-state index in [0.717, 1.165) is 9.99 Å². The third kappa shape index (κ3) is 2.37. The van der Waals surface area contributed by atoms with Crippen molar-refractivity contribution >= 4 is 45.2 Å². The zero-order valence-electron chi connectivity index (χ0n) is 10.9. The van der Waals surface area contributed by atoms with Gasteiger partial charge in [-0.15, -0.1) is 12.4 Å². The van der Waals surface area contributed by atoms with Gasteiger partial charge in [-0.1, -0.05) is 0 Å². The van der Waals surface area contributed by atoms with Gasteiger partial charge in [0.1, 0.15) is 5.52 Å². The molecular formula is C11H12BrClN6O2. The van der Waals surface area contributed by atoms with Gasteiger partial charge in [-0.3, -0.25) is 4.98 Å². The first-order valence-electron chi connectivity index (χ1n) is 5.90. The van der Waals surface area contributed by atoms with Crippen molar-refractivity contribution in [1.82, 2.24) is 24.8 Å². The van der Waals surface area contributed by atoms with Crippen molar-refractivity contribution in [3.8, 4) is 11.5 Å². The van der Waals surface area contributed by atoms with Gasteiger partial charge >= 0.3 is 0 Å². The predicted molar refractivity (Wildman–Crippen MR) is 81.8 cm³/mol. The highest BCUT2D eigenvalue weighted by Crippen LogP contribution is 2.31. The predicted octanol–water partition coefficient (Wildman–Crippen LogP) is 1.76. The summed E-state index contributed by atoms with van der Waals surface area (Å²) in [4.78, 5) is 8.64. The number of nitrogens with zero attached hydrogens (tertiary/aromatic N) is 5. The van der Waals surface area contributed by atoms with Gasteiger partial charge in [-0.05, 0) is 33.2 Å². The van der Waals surface area contributed by atoms with Crippen LogP contribution in [0.2, 0.25) is 0 Å². The molecule has 0 aliphatic rings. The van der Waals surface area contributed by atoms with Crippen molar-refractivity contribution in [2.24, 2.45) is 0 Å². The maximum Gasteiger partial charge on any atom is 0.199 e. The number of hydrogen-bond donors (Lipinski definition) is 2. The molecule has 21 heavy (non-hydrogen) atoms. The Bertz CT molecular complexity index is 786. The van der Waals surface area contributed by atoms with Crippen LogP contribution in [0.1, 0.15) is 12.6 Å². The molecule has 3 aromatic heterocycles. The van der Waals surface area contributed by atoms with Crippen LogP contribution in [0.5, 0.6) is 0 Å². The first-order valence-corrected chi connectivity index (χ1v) is 6.69. The van der Waals surface area contributed by atoms with Crippen molar-refractivity contribution < 1.29 is 9.74 Å². The fourth-order valence-corrected chi connectivity index (χ4v) is 2.61. The number of rotatable bonds is 3. The van der Waals surface area contributed by atoms with Gasteiger partial charge in [0.25, 0.3) is 0 Å². The van der Waals surface area contributed by atoms with Crippen molar-refractivity contribution in [1.29, 1.82) is 0 Å². The first-order chi connectivity index (χ1) is 9.67. The number of hydrogen-bond acceptors (Lipinski definition) is 7. The molecule has 0 spiro atoms. The molecule has 8 nitrogen and oxygen atoms in total. The van der Waals surface area contributed by atoms with Crippen LogP contribution >= 0.6 is 28.3 Å². The first kappa shape index (κ1) is 15.7. The van der Waals surface area contributed by atoms with Crippen LogP contribution < -0.4 is 5.73 Å². The molecule has 0 atom stereocenters. The summed E-state index contributed by atoms with van der Waals surface area (Å²) in [7, 11) is 0. The van der Waals surface area contributed by atoms with Crippen LogP contribution in [-0.4, -0.2) is 30.0 Å². The van der Waals surface area contributed by atoms with E-state index in [1.165, 1.54) is 0 Å². The third-order valence-corrected chi connectivity index (χ3v) is 3.57. The van der Waals surface area contributed by atoms with E-state index in [9.17, 15) is 5.11 Å². The molecule has 0 fully saturated rings. The van der Waals surface area contributed by atoms with Crippen molar-refractivity contribution in [3.63, 3.8) is 0 Å². The Morgan fingerprint density at radius 1 is 1.43 bits per heavy atom. The van der Waals surface area contributed by atoms with E-state index in [4.69, 9.17) is 5.73 Å². The lowest BCUT2D eigenvalue weighted by Crippen LogP contribution is -2.00. The van der Waals surface area contributed by atoms with Gasteiger partial charge in [-0.2, -0.15) is 0 Å². The number of imidazole rings is 1. The van der Waals surface area contributed by atoms with E-state index < -0.39 is 0 Å². The minimum absolute atomic E-state index is 0. The summed E-state index contributed by atoms with van der Waals surface area (Å²) in [6.07, 6.45) is 1.63. The molecule has 0 aromatic carbocycles. The normalized spacial score (nSPS) is 10.8. The number of aryl methyl sites for hydroxylation is 1. The fourth-order valence-electron chi connectivity index (χ4n) is 2.11. The van der Waals surface area contributed by atoms with Gasteiger partial charge < -0.3 is 15.4 Å². The number of nitrogen functional groups attached to an aromatic ring is 1. The smallest absolute Gasteiger partial charge is 0.199 e. The van der Waals surface area contributed by atoms with Crippen molar-refractivity contribution in [2.45, 2.75) is 20.1 Å². The topological polar surface area (TPSA) is 116 Å². The van der Waals surface area contributed by atoms with Crippen molar-refractivity contribution in [2.75, 3.05) is 5.73 Å². The van der Waals surface area contributed by atoms with Gasteiger partial charge in [-0.25, -0.2) is 9.61 Å². The molecule has 0 unspecified atom stereocenters. The van der Waals surface area contributed by atoms with Gasteiger partial charge in [0, 0.05) is 12.7 Å². The zero-order chi connectivity index (χ0) is 14.3. The fraction of sp³-hybridized carbons (Fsp3) is 0.273. The number of halogens is 2. The van der Waals surface area contributed by atoms with Crippen LogP contribution in [0.25, 0.3) is 22.6 Å². The average molecular weight is 376 g/mol. The Morgan fingerprint density at radius 3 is 2.76 bits per heavy atom. The summed E-state index contributed by atoms with van der Waals surface area (Å²) < 4.78 is 7.32. The molecule has 0 amide bonds. The van der Waals surface area contributed by atoms with Gasteiger partial charge in [0.2, 0.25) is 0 Å². The molecule has 0 aliphatic carbocycles. The Labute approximate surface area is 133 Å². The maximum atomic E-state index is 9.39. The highest BCUT2D eigenvalue weighted by atomic mass is 79.9. The molecule has 0 bridgehead atoms. The van der Waals surface area contributed by atoms with Gasteiger partial charge in [0.05, 0.1) is 22.3 Å². The molecule has 0 aliphatic heterocycles. The standard InChI is InChI=1S/C11H11BrN6O2.ClH/c1-2-18-9-5(12)3-14-6(4-19)7(9)15-11(18)8-10(13)17-20-16-8;/h3,19H,2,4H2,1H3,(H2,13,17);1H. The summed E-state index contributed by atoms with van der Waals surface area (Å²) in [5.41, 5.74) is 8.02. The molecule has 3 N–H and O–H groups in total. The summed E-state index contributed by atoms with van der Waals surface area (Å²) in [6.45, 7) is 2.42. The lowest BCUT2D eigenvalue weighted by Gasteiger charge is -2.05. The van der Waals surface area contributed by atoms with E-state index >= 15 is 0 Å². The molecular weight excluding hydrogens is 364 g/mol. The highest BCUT2D eigenvalue weighted by molar-refractivity contribution is 9.10. The molecule has 3 aromatic rings. The number of anilines is 1. The SMILES string of the molecule is CCn1c(-c2nonc2N)nc2c(CO)ncc(Br)c21.Cl. The Balaban J connectivity index is 0.00000161. The van der Waals surface area contributed by atoms with Crippen LogP contribution in [0.15, 0.2) is 15.3 Å². The number of aromatic nitrogens is 5. The second-order valence-electron chi connectivity index (χ2n) is 4.09. The number of aliphatic hydroxyl groups excluding tert-OH is 1. The van der Waals surface area contributed by atoms with E-state index in [1.807, 2.05) is 11.5 Å². The quantitative estimate of drug-likeness (QED) is 0.716. The summed E-state index contributed by atoms with van der Waals surface area (Å²) >= 11 is 3.45. The Kier molecular flexibility index (Phi) is 4.45. The van der Waals surface area contributed by atoms with Crippen LogP contribution in [0.4, 0.5) is 5.82 Å². The monoisotopic (exact) mass is 374 g/mol. The minimum atomic E-state index is -0.198.